The molecule has 1 amide bonds. The lowest BCUT2D eigenvalue weighted by Crippen LogP contribution is -2.53. The van der Waals surface area contributed by atoms with Gasteiger partial charge in [-0.05, 0) is 48.2 Å². The molecule has 11 heteroatoms. The van der Waals surface area contributed by atoms with Crippen LogP contribution < -0.4 is 20.1 Å². The zero-order valence-corrected chi connectivity index (χ0v) is 20.2. The van der Waals surface area contributed by atoms with Gasteiger partial charge in [-0.3, -0.25) is 0 Å². The van der Waals surface area contributed by atoms with E-state index in [2.05, 4.69) is 15.6 Å². The molecule has 1 heterocycles. The van der Waals surface area contributed by atoms with Crippen LogP contribution in [-0.2, 0) is 5.41 Å². The largest absolute Gasteiger partial charge is 0.496 e. The van der Waals surface area contributed by atoms with Crippen molar-refractivity contribution in [3.05, 3.63) is 59.9 Å². The van der Waals surface area contributed by atoms with E-state index in [0.29, 0.717) is 10.9 Å². The highest BCUT2D eigenvalue weighted by Gasteiger charge is 2.56. The van der Waals surface area contributed by atoms with Gasteiger partial charge in [-0.1, -0.05) is 19.9 Å². The number of hydrogen-bond donors (Lipinski definition) is 3. The minimum absolute atomic E-state index is 0.0107. The topological polar surface area (TPSA) is 92.7 Å². The maximum atomic E-state index is 14.2. The fourth-order valence-corrected chi connectivity index (χ4v) is 4.03. The Kier molecular flexibility index (Phi) is 7.63. The Morgan fingerprint density at radius 1 is 1.11 bits per heavy atom. The van der Waals surface area contributed by atoms with Crippen LogP contribution in [0.5, 0.6) is 11.6 Å². The Labute approximate surface area is 205 Å². The minimum Gasteiger partial charge on any atom is -0.496 e. The molecule has 36 heavy (non-hydrogen) atoms. The van der Waals surface area contributed by atoms with Crippen molar-refractivity contribution in [2.75, 3.05) is 26.0 Å². The highest BCUT2D eigenvalue weighted by molar-refractivity contribution is 5.91. The molecular formula is C25H27F4N3O4. The number of amides is 1. The Balaban J connectivity index is 1.90. The molecule has 0 radical (unpaired) electrons. The number of benzene rings is 2. The number of carbonyl (C=O) groups is 1. The van der Waals surface area contributed by atoms with Crippen molar-refractivity contribution < 1.29 is 36.9 Å². The van der Waals surface area contributed by atoms with E-state index >= 15 is 0 Å². The van der Waals surface area contributed by atoms with Crippen LogP contribution >= 0.6 is 0 Å². The van der Waals surface area contributed by atoms with Gasteiger partial charge >= 0.3 is 12.3 Å². The summed E-state index contributed by atoms with van der Waals surface area (Å²) >= 11 is 0. The van der Waals surface area contributed by atoms with Crippen LogP contribution in [0.25, 0.3) is 10.9 Å². The first-order chi connectivity index (χ1) is 16.8. The van der Waals surface area contributed by atoms with E-state index in [1.54, 1.807) is 18.2 Å². The maximum Gasteiger partial charge on any atom is 0.418 e. The number of halogens is 4. The summed E-state index contributed by atoms with van der Waals surface area (Å²) in [5.74, 6) is -0.402. The van der Waals surface area contributed by atoms with Crippen molar-refractivity contribution in [2.45, 2.75) is 37.5 Å². The molecule has 3 N–H and O–H groups in total. The maximum absolute atomic E-state index is 14.2. The van der Waals surface area contributed by atoms with Gasteiger partial charge in [0.05, 0.1) is 19.2 Å². The third-order valence-electron chi connectivity index (χ3n) is 5.83. The van der Waals surface area contributed by atoms with Gasteiger partial charge in [-0.2, -0.15) is 13.2 Å². The predicted octanol–water partition coefficient (Wildman–Crippen LogP) is 5.17. The Bertz CT molecular complexity index is 1250. The van der Waals surface area contributed by atoms with E-state index in [9.17, 15) is 27.5 Å². The van der Waals surface area contributed by atoms with Gasteiger partial charge in [0.15, 0.2) is 5.60 Å². The van der Waals surface area contributed by atoms with E-state index in [1.165, 1.54) is 46.2 Å². The number of nitrogens with one attached hydrogen (secondary N) is 2. The second-order valence-corrected chi connectivity index (χ2v) is 8.95. The van der Waals surface area contributed by atoms with Gasteiger partial charge in [-0.25, -0.2) is 14.2 Å². The highest BCUT2D eigenvalue weighted by Crippen LogP contribution is 2.44. The van der Waals surface area contributed by atoms with E-state index in [0.717, 1.165) is 12.1 Å². The molecule has 0 fully saturated rings. The zero-order valence-electron chi connectivity index (χ0n) is 20.2. The van der Waals surface area contributed by atoms with Crippen molar-refractivity contribution in [3.8, 4) is 11.6 Å². The normalized spacial score (nSPS) is 13.7. The predicted molar refractivity (Wildman–Crippen MR) is 127 cm³/mol. The lowest BCUT2D eigenvalue weighted by atomic mass is 9.74. The van der Waals surface area contributed by atoms with Crippen LogP contribution in [0.4, 0.5) is 28.0 Å². The third kappa shape index (κ3) is 5.78. The molecule has 2 aromatic carbocycles. The van der Waals surface area contributed by atoms with E-state index in [1.807, 2.05) is 0 Å². The number of carbonyl (C=O) groups excluding carboxylic acids is 1. The van der Waals surface area contributed by atoms with Crippen LogP contribution in [0.2, 0.25) is 0 Å². The lowest BCUT2D eigenvalue weighted by molar-refractivity contribution is -0.260. The number of aromatic nitrogens is 1. The minimum atomic E-state index is -5.00. The molecule has 0 aliphatic carbocycles. The molecule has 7 nitrogen and oxygen atoms in total. The highest BCUT2D eigenvalue weighted by atomic mass is 19.4. The summed E-state index contributed by atoms with van der Waals surface area (Å²) in [6.07, 6.45) is -6.50. The number of ether oxygens (including phenoxy) is 2. The standard InChI is InChI=1S/C25H27F4N3O4/c1-23(2,17-12-15(26)8-10-20(17)35-4)13-24(34,25(27,28)29)14-31-18-6-5-7-19-16(18)9-11-21(32-19)36-22(33)30-3/h5-12,31,34H,13-14H2,1-4H3,(H,30,33). The van der Waals surface area contributed by atoms with Crippen LogP contribution in [0.15, 0.2) is 48.5 Å². The lowest BCUT2D eigenvalue weighted by Gasteiger charge is -2.38. The molecule has 1 unspecified atom stereocenters. The van der Waals surface area contributed by atoms with Gasteiger partial charge in [0, 0.05) is 29.8 Å². The Morgan fingerprint density at radius 3 is 2.47 bits per heavy atom. The van der Waals surface area contributed by atoms with Crippen LogP contribution in [0.3, 0.4) is 0 Å². The molecular weight excluding hydrogens is 482 g/mol. The molecule has 3 rings (SSSR count). The molecule has 0 saturated carbocycles. The smallest absolute Gasteiger partial charge is 0.418 e. The summed E-state index contributed by atoms with van der Waals surface area (Å²) in [4.78, 5) is 15.6. The van der Waals surface area contributed by atoms with Crippen LogP contribution in [0, 0.1) is 5.82 Å². The number of methoxy groups -OCH3 is 1. The van der Waals surface area contributed by atoms with E-state index < -0.39 is 42.1 Å². The van der Waals surface area contributed by atoms with Crippen molar-refractivity contribution in [1.29, 1.82) is 0 Å². The fourth-order valence-electron chi connectivity index (χ4n) is 4.03. The van der Waals surface area contributed by atoms with Crippen molar-refractivity contribution in [1.82, 2.24) is 10.3 Å². The summed E-state index contributed by atoms with van der Waals surface area (Å²) in [5, 5.41) is 16.3. The number of pyridine rings is 1. The summed E-state index contributed by atoms with van der Waals surface area (Å²) in [6, 6.07) is 11.2. The second kappa shape index (κ2) is 10.2. The molecule has 0 aliphatic heterocycles. The number of alkyl halides is 3. The summed E-state index contributed by atoms with van der Waals surface area (Å²) in [7, 11) is 2.73. The number of fused-ring (bicyclic) bond motifs is 1. The molecule has 1 aromatic heterocycles. The SMILES string of the molecule is CNC(=O)Oc1ccc2c(NCC(O)(CC(C)(C)c3cc(F)ccc3OC)C(F)(F)F)cccc2n1. The monoisotopic (exact) mass is 509 g/mol. The number of anilines is 1. The number of aliphatic hydroxyl groups is 1. The van der Waals surface area contributed by atoms with Crippen molar-refractivity contribution >= 4 is 22.7 Å². The summed E-state index contributed by atoms with van der Waals surface area (Å²) in [5.41, 5.74) is -3.64. The van der Waals surface area contributed by atoms with Crippen LogP contribution in [-0.4, -0.2) is 48.7 Å². The average Bonchev–Trinajstić information content (AvgIpc) is 2.81. The van der Waals surface area contributed by atoms with Gasteiger partial charge in [-0.15, -0.1) is 0 Å². The Morgan fingerprint density at radius 2 is 1.83 bits per heavy atom. The number of rotatable bonds is 8. The number of nitrogens with zero attached hydrogens (tertiary/aromatic N) is 1. The summed E-state index contributed by atoms with van der Waals surface area (Å²) in [6.45, 7) is 2.08. The first kappa shape index (κ1) is 27.0. The molecule has 0 bridgehead atoms. The van der Waals surface area contributed by atoms with Crippen molar-refractivity contribution in [3.63, 3.8) is 0 Å². The first-order valence-electron chi connectivity index (χ1n) is 11.0. The molecule has 194 valence electrons. The third-order valence-corrected chi connectivity index (χ3v) is 5.83. The van der Waals surface area contributed by atoms with E-state index in [4.69, 9.17) is 9.47 Å². The van der Waals surface area contributed by atoms with Gasteiger partial charge < -0.3 is 25.2 Å². The first-order valence-corrected chi connectivity index (χ1v) is 11.0. The Hall–Kier alpha value is -3.60. The van der Waals surface area contributed by atoms with Crippen LogP contribution in [0.1, 0.15) is 25.8 Å². The summed E-state index contributed by atoms with van der Waals surface area (Å²) < 4.78 is 66.7. The zero-order chi connectivity index (χ0) is 26.7. The molecule has 0 aliphatic rings. The molecule has 1 atom stereocenters. The van der Waals surface area contributed by atoms with Gasteiger partial charge in [0.1, 0.15) is 11.6 Å². The molecule has 3 aromatic rings. The fraction of sp³-hybridized carbons (Fsp3) is 0.360. The van der Waals surface area contributed by atoms with Crippen molar-refractivity contribution in [2.24, 2.45) is 0 Å². The average molecular weight is 510 g/mol. The van der Waals surface area contributed by atoms with Gasteiger partial charge in [0.2, 0.25) is 5.88 Å². The quantitative estimate of drug-likeness (QED) is 0.363. The molecule has 0 saturated heterocycles. The second-order valence-electron chi connectivity index (χ2n) is 8.95. The number of hydrogen-bond acceptors (Lipinski definition) is 6. The molecule has 0 spiro atoms. The van der Waals surface area contributed by atoms with E-state index in [-0.39, 0.29) is 22.9 Å². The van der Waals surface area contributed by atoms with Gasteiger partial charge in [0.25, 0.3) is 0 Å².